The number of carbonyl (C=O) groups is 2. The van der Waals surface area contributed by atoms with Gasteiger partial charge in [0.05, 0.1) is 11.1 Å². The van der Waals surface area contributed by atoms with Crippen LogP contribution in [0.1, 0.15) is 38.4 Å². The molecule has 1 unspecified atom stereocenters. The molecule has 0 bridgehead atoms. The lowest BCUT2D eigenvalue weighted by Gasteiger charge is -2.30. The molecular weight excluding hydrogens is 408 g/mol. The first-order chi connectivity index (χ1) is 15.0. The van der Waals surface area contributed by atoms with E-state index in [-0.39, 0.29) is 12.2 Å². The highest BCUT2D eigenvalue weighted by Gasteiger charge is 2.42. The van der Waals surface area contributed by atoms with Crippen LogP contribution < -0.4 is 10.9 Å². The number of hydrogen-bond donors (Lipinski definition) is 2. The van der Waals surface area contributed by atoms with Gasteiger partial charge >= 0.3 is 5.63 Å². The van der Waals surface area contributed by atoms with Crippen molar-refractivity contribution in [3.8, 4) is 11.8 Å². The van der Waals surface area contributed by atoms with Crippen LogP contribution in [-0.4, -0.2) is 27.6 Å². The first-order valence-corrected chi connectivity index (χ1v) is 10.1. The molecular formula is C25H24N2O5. The van der Waals surface area contributed by atoms with Gasteiger partial charge < -0.3 is 14.9 Å². The molecule has 7 nitrogen and oxygen atoms in total. The number of amides is 1. The molecule has 1 amide bonds. The average molecular weight is 432 g/mol. The zero-order valence-corrected chi connectivity index (χ0v) is 18.4. The van der Waals surface area contributed by atoms with Crippen LogP contribution in [0, 0.1) is 24.2 Å². The largest absolute Gasteiger partial charge is 0.369 e. The third-order valence-corrected chi connectivity index (χ3v) is 5.37. The first-order valence-electron chi connectivity index (χ1n) is 10.1. The van der Waals surface area contributed by atoms with E-state index in [1.165, 1.54) is 19.1 Å². The Hall–Kier alpha value is -3.76. The van der Waals surface area contributed by atoms with Gasteiger partial charge in [0.1, 0.15) is 5.78 Å². The summed E-state index contributed by atoms with van der Waals surface area (Å²) in [6.45, 7) is 6.39. The van der Waals surface area contributed by atoms with Crippen molar-refractivity contribution in [1.82, 2.24) is 5.16 Å². The molecule has 2 aromatic carbocycles. The van der Waals surface area contributed by atoms with Gasteiger partial charge in [0.25, 0.3) is 5.91 Å². The molecule has 1 aromatic heterocycles. The van der Waals surface area contributed by atoms with E-state index in [4.69, 9.17) is 4.52 Å². The minimum atomic E-state index is -2.14. The molecule has 0 radical (unpaired) electrons. The van der Waals surface area contributed by atoms with Crippen molar-refractivity contribution in [3.63, 3.8) is 0 Å². The lowest BCUT2D eigenvalue weighted by molar-refractivity contribution is -0.135. The highest BCUT2D eigenvalue weighted by Crippen LogP contribution is 2.30. The Kier molecular flexibility index (Phi) is 6.28. The molecule has 0 aliphatic heterocycles. The summed E-state index contributed by atoms with van der Waals surface area (Å²) in [6, 6.07) is 13.6. The van der Waals surface area contributed by atoms with E-state index in [1.807, 2.05) is 6.07 Å². The summed E-state index contributed by atoms with van der Waals surface area (Å²) in [6.07, 6.45) is -0.196. The second-order valence-corrected chi connectivity index (χ2v) is 8.36. The van der Waals surface area contributed by atoms with Crippen LogP contribution in [0.15, 0.2) is 57.8 Å². The molecule has 0 aliphatic rings. The van der Waals surface area contributed by atoms with Gasteiger partial charge in [-0.1, -0.05) is 49.0 Å². The van der Waals surface area contributed by atoms with Crippen LogP contribution in [0.25, 0.3) is 10.8 Å². The normalized spacial score (nSPS) is 13.0. The molecule has 1 heterocycles. The maximum Gasteiger partial charge on any atom is 0.366 e. The van der Waals surface area contributed by atoms with Gasteiger partial charge in [0, 0.05) is 28.5 Å². The third-order valence-electron chi connectivity index (χ3n) is 5.37. The number of ketones is 1. The highest BCUT2D eigenvalue weighted by molar-refractivity contribution is 6.01. The third kappa shape index (κ3) is 4.93. The van der Waals surface area contributed by atoms with Crippen LogP contribution >= 0.6 is 0 Å². The fraction of sp³-hybridized carbons (Fsp3) is 0.280. The summed E-state index contributed by atoms with van der Waals surface area (Å²) >= 11 is 0. The molecule has 0 fully saturated rings. The number of carbonyl (C=O) groups excluding carboxylic acids is 2. The first kappa shape index (κ1) is 22.9. The van der Waals surface area contributed by atoms with E-state index < -0.39 is 22.5 Å². The summed E-state index contributed by atoms with van der Waals surface area (Å²) in [5.74, 6) is 4.54. The lowest BCUT2D eigenvalue weighted by Crippen LogP contribution is -2.46. The number of benzene rings is 2. The average Bonchev–Trinajstić information content (AvgIpc) is 2.75. The Balaban J connectivity index is 1.99. The molecule has 0 saturated heterocycles. The van der Waals surface area contributed by atoms with Crippen LogP contribution in [-0.2, 0) is 9.59 Å². The van der Waals surface area contributed by atoms with Gasteiger partial charge in [-0.2, -0.15) is 0 Å². The predicted octanol–water partition coefficient (Wildman–Crippen LogP) is 3.22. The van der Waals surface area contributed by atoms with Crippen molar-refractivity contribution in [2.45, 2.75) is 39.7 Å². The van der Waals surface area contributed by atoms with Crippen molar-refractivity contribution in [3.05, 3.63) is 70.2 Å². The fourth-order valence-electron chi connectivity index (χ4n) is 3.18. The van der Waals surface area contributed by atoms with E-state index >= 15 is 0 Å². The molecule has 3 aromatic rings. The lowest BCUT2D eigenvalue weighted by atomic mass is 9.77. The Morgan fingerprint density at radius 3 is 2.47 bits per heavy atom. The smallest absolute Gasteiger partial charge is 0.366 e. The van der Waals surface area contributed by atoms with Gasteiger partial charge in [0.2, 0.25) is 5.60 Å². The van der Waals surface area contributed by atoms with Crippen LogP contribution in [0.2, 0.25) is 0 Å². The van der Waals surface area contributed by atoms with Crippen LogP contribution in [0.3, 0.4) is 0 Å². The van der Waals surface area contributed by atoms with E-state index in [9.17, 15) is 19.5 Å². The van der Waals surface area contributed by atoms with Crippen molar-refractivity contribution < 1.29 is 19.2 Å². The van der Waals surface area contributed by atoms with E-state index in [0.29, 0.717) is 27.7 Å². The molecule has 164 valence electrons. The number of hydrogen-bond acceptors (Lipinski definition) is 6. The summed E-state index contributed by atoms with van der Waals surface area (Å²) in [5.41, 5.74) is -2.26. The van der Waals surface area contributed by atoms with Crippen molar-refractivity contribution in [2.24, 2.45) is 5.41 Å². The monoisotopic (exact) mass is 432 g/mol. The summed E-state index contributed by atoms with van der Waals surface area (Å²) in [4.78, 5) is 37.1. The molecule has 1 atom stereocenters. The standard InChI is InChI=1S/C25H24N2O5/c1-16-21-14-19(10-11-20(21)22(29)32-27-16)26-23(30)25(31,15-24(3,4)17(2)28)13-12-18-8-6-5-7-9-18/h5-11,14,31H,15H2,1-4H3,(H,26,30). The number of nitrogens with zero attached hydrogens (tertiary/aromatic N) is 1. The van der Waals surface area contributed by atoms with Crippen molar-refractivity contribution in [2.75, 3.05) is 5.32 Å². The second kappa shape index (κ2) is 8.77. The molecule has 3 rings (SSSR count). The number of anilines is 1. The fourth-order valence-corrected chi connectivity index (χ4v) is 3.18. The van der Waals surface area contributed by atoms with Crippen LogP contribution in [0.5, 0.6) is 0 Å². The number of aryl methyl sites for hydroxylation is 1. The zero-order chi connectivity index (χ0) is 23.5. The molecule has 7 heteroatoms. The van der Waals surface area contributed by atoms with Gasteiger partial charge in [-0.25, -0.2) is 4.79 Å². The van der Waals surface area contributed by atoms with E-state index in [0.717, 1.165) is 0 Å². The Bertz CT molecular complexity index is 1300. The van der Waals surface area contributed by atoms with Crippen LogP contribution in [0.4, 0.5) is 5.69 Å². The Morgan fingerprint density at radius 2 is 1.81 bits per heavy atom. The number of aliphatic hydroxyl groups is 1. The number of fused-ring (bicyclic) bond motifs is 1. The van der Waals surface area contributed by atoms with Gasteiger partial charge in [-0.3, -0.25) is 9.59 Å². The SMILES string of the molecule is CC(=O)C(C)(C)CC(O)(C#Cc1ccccc1)C(=O)Nc1ccc2c(=O)onc(C)c2c1. The maximum absolute atomic E-state index is 13.2. The van der Waals surface area contributed by atoms with Gasteiger partial charge in [-0.05, 0) is 44.2 Å². The topological polar surface area (TPSA) is 110 Å². The molecule has 0 spiro atoms. The predicted molar refractivity (Wildman–Crippen MR) is 121 cm³/mol. The summed E-state index contributed by atoms with van der Waals surface area (Å²) in [7, 11) is 0. The number of nitrogens with one attached hydrogen (secondary N) is 1. The Labute approximate surface area is 185 Å². The van der Waals surface area contributed by atoms with Gasteiger partial charge in [-0.15, -0.1) is 0 Å². The summed E-state index contributed by atoms with van der Waals surface area (Å²) < 4.78 is 4.71. The quantitative estimate of drug-likeness (QED) is 0.599. The molecule has 2 N–H and O–H groups in total. The Morgan fingerprint density at radius 1 is 1.12 bits per heavy atom. The van der Waals surface area contributed by atoms with Gasteiger partial charge in [0.15, 0.2) is 0 Å². The second-order valence-electron chi connectivity index (χ2n) is 8.36. The van der Waals surface area contributed by atoms with Crippen molar-refractivity contribution >= 4 is 28.2 Å². The number of rotatable bonds is 5. The minimum absolute atomic E-state index is 0.177. The van der Waals surface area contributed by atoms with E-state index in [2.05, 4.69) is 22.3 Å². The maximum atomic E-state index is 13.2. The van der Waals surface area contributed by atoms with Crippen molar-refractivity contribution in [1.29, 1.82) is 0 Å². The molecule has 0 saturated carbocycles. The minimum Gasteiger partial charge on any atom is -0.369 e. The summed E-state index contributed by atoms with van der Waals surface area (Å²) in [5, 5.41) is 18.5. The number of aromatic nitrogens is 1. The number of Topliss-reactive ketones (excluding diaryl/α,β-unsaturated/α-hetero) is 1. The molecule has 0 aliphatic carbocycles. The zero-order valence-electron chi connectivity index (χ0n) is 18.4. The van der Waals surface area contributed by atoms with E-state index in [1.54, 1.807) is 51.1 Å². The molecule has 32 heavy (non-hydrogen) atoms. The highest BCUT2D eigenvalue weighted by atomic mass is 16.5.